The Morgan fingerprint density at radius 3 is 2.58 bits per heavy atom. The van der Waals surface area contributed by atoms with Gasteiger partial charge >= 0.3 is 0 Å². The summed E-state index contributed by atoms with van der Waals surface area (Å²) in [5.74, 6) is 1.03. The minimum Gasteiger partial charge on any atom is -0.378 e. The third-order valence-electron chi connectivity index (χ3n) is 4.84. The number of ether oxygens (including phenoxy) is 1. The van der Waals surface area contributed by atoms with Crippen molar-refractivity contribution in [3.8, 4) is 11.4 Å². The fraction of sp³-hybridized carbons (Fsp3) is 0.368. The maximum absolute atomic E-state index is 12.4. The van der Waals surface area contributed by atoms with Crippen LogP contribution in [0.4, 0.5) is 0 Å². The number of carbonyl (C=O) groups excluding carboxylic acids is 1. The van der Waals surface area contributed by atoms with Crippen molar-refractivity contribution in [2.24, 2.45) is 7.05 Å². The molecular weight excluding hydrogens is 330 g/mol. The van der Waals surface area contributed by atoms with Crippen LogP contribution in [-0.4, -0.2) is 56.6 Å². The van der Waals surface area contributed by atoms with Crippen LogP contribution < -0.4 is 0 Å². The number of hydrogen-bond donors (Lipinski definition) is 0. The Kier molecular flexibility index (Phi) is 4.38. The van der Waals surface area contributed by atoms with E-state index in [0.29, 0.717) is 32.7 Å². The number of nitrogens with zero attached hydrogens (tertiary/aromatic N) is 5. The van der Waals surface area contributed by atoms with Gasteiger partial charge in [0.05, 0.1) is 42.9 Å². The van der Waals surface area contributed by atoms with Gasteiger partial charge in [-0.2, -0.15) is 0 Å². The summed E-state index contributed by atoms with van der Waals surface area (Å²) in [5.41, 5.74) is 2.59. The maximum Gasteiger partial charge on any atom is 0.228 e. The number of imidazole rings is 1. The Labute approximate surface area is 151 Å². The van der Waals surface area contributed by atoms with Crippen molar-refractivity contribution in [3.05, 3.63) is 42.2 Å². The van der Waals surface area contributed by atoms with E-state index in [-0.39, 0.29) is 5.91 Å². The van der Waals surface area contributed by atoms with E-state index in [1.54, 1.807) is 6.20 Å². The highest BCUT2D eigenvalue weighted by Crippen LogP contribution is 2.22. The molecule has 0 aliphatic carbocycles. The summed E-state index contributed by atoms with van der Waals surface area (Å²) in [7, 11) is 1.97. The molecule has 0 bridgehead atoms. The molecule has 0 saturated carbocycles. The predicted molar refractivity (Wildman–Crippen MR) is 97.6 cm³/mol. The van der Waals surface area contributed by atoms with E-state index < -0.39 is 0 Å². The number of pyridine rings is 2. The fourth-order valence-corrected chi connectivity index (χ4v) is 3.14. The van der Waals surface area contributed by atoms with E-state index in [2.05, 4.69) is 15.0 Å². The molecule has 1 fully saturated rings. The zero-order valence-corrected chi connectivity index (χ0v) is 15.0. The van der Waals surface area contributed by atoms with Gasteiger partial charge in [-0.3, -0.25) is 14.8 Å². The second-order valence-electron chi connectivity index (χ2n) is 6.51. The van der Waals surface area contributed by atoms with Crippen LogP contribution in [0.3, 0.4) is 0 Å². The number of aromatic nitrogens is 4. The van der Waals surface area contributed by atoms with Crippen LogP contribution in [-0.2, 0) is 23.0 Å². The average Bonchev–Trinajstić information content (AvgIpc) is 3.00. The van der Waals surface area contributed by atoms with Crippen molar-refractivity contribution in [3.63, 3.8) is 0 Å². The molecule has 0 N–H and O–H groups in total. The van der Waals surface area contributed by atoms with Crippen LogP contribution in [0.25, 0.3) is 22.2 Å². The van der Waals surface area contributed by atoms with Crippen LogP contribution in [0, 0.1) is 6.92 Å². The molecule has 0 radical (unpaired) electrons. The predicted octanol–water partition coefficient (Wildman–Crippen LogP) is 1.74. The first-order valence-electron chi connectivity index (χ1n) is 8.71. The zero-order chi connectivity index (χ0) is 18.1. The molecule has 7 nitrogen and oxygen atoms in total. The zero-order valence-electron chi connectivity index (χ0n) is 15.0. The van der Waals surface area contributed by atoms with Gasteiger partial charge in [0.2, 0.25) is 5.91 Å². The molecule has 1 amide bonds. The second kappa shape index (κ2) is 6.84. The summed E-state index contributed by atoms with van der Waals surface area (Å²) in [4.78, 5) is 27.6. The molecule has 3 aromatic heterocycles. The molecule has 26 heavy (non-hydrogen) atoms. The van der Waals surface area contributed by atoms with Crippen molar-refractivity contribution < 1.29 is 9.53 Å². The number of fused-ring (bicyclic) bond motifs is 1. The van der Waals surface area contributed by atoms with E-state index in [1.807, 2.05) is 48.0 Å². The number of hydrogen-bond acceptors (Lipinski definition) is 5. The first-order valence-corrected chi connectivity index (χ1v) is 8.71. The van der Waals surface area contributed by atoms with E-state index >= 15 is 0 Å². The van der Waals surface area contributed by atoms with Gasteiger partial charge in [-0.25, -0.2) is 4.98 Å². The standard InChI is InChI=1S/C19H21N5O2/c1-13-20-12-18(23(13)2)17-8-14-7-16(21-10-15(14)11-22-17)9-19(25)24-3-5-26-6-4-24/h7-8,10-12H,3-6,9H2,1-2H3. The molecule has 7 heteroatoms. The van der Waals surface area contributed by atoms with Gasteiger partial charge in [0.1, 0.15) is 5.82 Å². The Morgan fingerprint density at radius 2 is 1.85 bits per heavy atom. The molecule has 1 saturated heterocycles. The van der Waals surface area contributed by atoms with Crippen molar-refractivity contribution in [2.45, 2.75) is 13.3 Å². The fourth-order valence-electron chi connectivity index (χ4n) is 3.14. The van der Waals surface area contributed by atoms with Gasteiger partial charge in [-0.05, 0) is 24.4 Å². The Balaban J connectivity index is 1.61. The first-order chi connectivity index (χ1) is 12.6. The minimum absolute atomic E-state index is 0.0942. The largest absolute Gasteiger partial charge is 0.378 e. The molecule has 134 valence electrons. The number of rotatable bonds is 3. The van der Waals surface area contributed by atoms with Crippen LogP contribution in [0.15, 0.2) is 30.7 Å². The van der Waals surface area contributed by atoms with E-state index in [0.717, 1.165) is 33.7 Å². The molecule has 4 heterocycles. The Morgan fingerprint density at radius 1 is 1.08 bits per heavy atom. The van der Waals surface area contributed by atoms with Gasteiger partial charge in [0.15, 0.2) is 0 Å². The lowest BCUT2D eigenvalue weighted by Crippen LogP contribution is -2.41. The van der Waals surface area contributed by atoms with Gasteiger partial charge < -0.3 is 14.2 Å². The summed E-state index contributed by atoms with van der Waals surface area (Å²) >= 11 is 0. The molecule has 4 rings (SSSR count). The molecule has 0 aromatic carbocycles. The molecule has 1 aliphatic rings. The average molecular weight is 351 g/mol. The quantitative estimate of drug-likeness (QED) is 0.719. The molecule has 3 aromatic rings. The topological polar surface area (TPSA) is 73.1 Å². The monoisotopic (exact) mass is 351 g/mol. The summed E-state index contributed by atoms with van der Waals surface area (Å²) in [6.45, 7) is 4.48. The van der Waals surface area contributed by atoms with Crippen LogP contribution in [0.1, 0.15) is 11.5 Å². The van der Waals surface area contributed by atoms with Crippen molar-refractivity contribution in [1.82, 2.24) is 24.4 Å². The normalized spacial score (nSPS) is 14.8. The second-order valence-corrected chi connectivity index (χ2v) is 6.51. The van der Waals surface area contributed by atoms with Gasteiger partial charge in [0, 0.05) is 37.9 Å². The van der Waals surface area contributed by atoms with Gasteiger partial charge in [-0.15, -0.1) is 0 Å². The SMILES string of the molecule is Cc1ncc(-c2cc3cc(CC(=O)N4CCOCC4)ncc3cn2)n1C. The number of amides is 1. The highest BCUT2D eigenvalue weighted by atomic mass is 16.5. The summed E-state index contributed by atoms with van der Waals surface area (Å²) in [6, 6.07) is 4.00. The Bertz CT molecular complexity index is 960. The lowest BCUT2D eigenvalue weighted by molar-refractivity contribution is -0.134. The van der Waals surface area contributed by atoms with Crippen molar-refractivity contribution >= 4 is 16.7 Å². The molecule has 0 spiro atoms. The summed E-state index contributed by atoms with van der Waals surface area (Å²) in [6.07, 6.45) is 5.72. The lowest BCUT2D eigenvalue weighted by atomic mass is 10.1. The minimum atomic E-state index is 0.0942. The van der Waals surface area contributed by atoms with Crippen LogP contribution in [0.2, 0.25) is 0 Å². The highest BCUT2D eigenvalue weighted by Gasteiger charge is 2.17. The number of aryl methyl sites for hydroxylation is 1. The maximum atomic E-state index is 12.4. The smallest absolute Gasteiger partial charge is 0.228 e. The summed E-state index contributed by atoms with van der Waals surface area (Å²) < 4.78 is 7.31. The molecule has 0 unspecified atom stereocenters. The van der Waals surface area contributed by atoms with Crippen LogP contribution >= 0.6 is 0 Å². The molecule has 1 aliphatic heterocycles. The van der Waals surface area contributed by atoms with Crippen molar-refractivity contribution in [1.29, 1.82) is 0 Å². The molecular formula is C19H21N5O2. The third kappa shape index (κ3) is 3.17. The Hall–Kier alpha value is -2.80. The van der Waals surface area contributed by atoms with E-state index in [1.165, 1.54) is 0 Å². The number of carbonyl (C=O) groups is 1. The van der Waals surface area contributed by atoms with Gasteiger partial charge in [-0.1, -0.05) is 0 Å². The van der Waals surface area contributed by atoms with E-state index in [4.69, 9.17) is 4.74 Å². The van der Waals surface area contributed by atoms with E-state index in [9.17, 15) is 4.79 Å². The third-order valence-corrected chi connectivity index (χ3v) is 4.84. The van der Waals surface area contributed by atoms with Gasteiger partial charge in [0.25, 0.3) is 0 Å². The summed E-state index contributed by atoms with van der Waals surface area (Å²) in [5, 5.41) is 1.98. The number of morpholine rings is 1. The van der Waals surface area contributed by atoms with Crippen LogP contribution in [0.5, 0.6) is 0 Å². The first kappa shape index (κ1) is 16.7. The highest BCUT2D eigenvalue weighted by molar-refractivity contribution is 5.86. The van der Waals surface area contributed by atoms with Crippen molar-refractivity contribution in [2.75, 3.05) is 26.3 Å². The lowest BCUT2D eigenvalue weighted by Gasteiger charge is -2.26. The molecule has 0 atom stereocenters.